The molecule has 2 aromatic rings. The van der Waals surface area contributed by atoms with Crippen molar-refractivity contribution in [1.29, 1.82) is 0 Å². The van der Waals surface area contributed by atoms with Crippen molar-refractivity contribution in [3.8, 4) is 11.5 Å². The Morgan fingerprint density at radius 2 is 1.92 bits per heavy atom. The second-order valence-corrected chi connectivity index (χ2v) is 7.60. The lowest BCUT2D eigenvalue weighted by atomic mass is 10.2. The Balaban J connectivity index is 2.22. The molecule has 6 nitrogen and oxygen atoms in total. The van der Waals surface area contributed by atoms with Gasteiger partial charge in [-0.2, -0.15) is 8.42 Å². The van der Waals surface area contributed by atoms with Gasteiger partial charge in [0, 0.05) is 6.07 Å². The van der Waals surface area contributed by atoms with Gasteiger partial charge in [-0.25, -0.2) is 4.18 Å². The molecule has 8 heteroatoms. The normalized spacial score (nSPS) is 13.9. The maximum absolute atomic E-state index is 12.4. The third-order valence-corrected chi connectivity index (χ3v) is 4.92. The van der Waals surface area contributed by atoms with Gasteiger partial charge in [0.05, 0.1) is 16.5 Å². The van der Waals surface area contributed by atoms with Gasteiger partial charge < -0.3 is 14.6 Å². The zero-order chi connectivity index (χ0) is 19.3. The first kappa shape index (κ1) is 20.5. The lowest BCUT2D eigenvalue weighted by Gasteiger charge is -2.22. The molecular weight excluding hydrogens is 380 g/mol. The van der Waals surface area contributed by atoms with Crippen molar-refractivity contribution in [2.75, 3.05) is 6.61 Å². The number of aryl methyl sites for hydroxylation is 1. The first-order chi connectivity index (χ1) is 12.2. The van der Waals surface area contributed by atoms with Gasteiger partial charge in [-0.15, -0.1) is 0 Å². The molecule has 0 bridgehead atoms. The molecule has 0 amide bonds. The molecule has 0 saturated carbocycles. The minimum atomic E-state index is -4.13. The van der Waals surface area contributed by atoms with Crippen LogP contribution in [0.4, 0.5) is 0 Å². The van der Waals surface area contributed by atoms with Crippen molar-refractivity contribution in [2.45, 2.75) is 38.1 Å². The third-order valence-electron chi connectivity index (χ3n) is 3.35. The Kier molecular flexibility index (Phi) is 6.88. The molecule has 26 heavy (non-hydrogen) atoms. The minimum absolute atomic E-state index is 0.0236. The van der Waals surface area contributed by atoms with Gasteiger partial charge in [-0.1, -0.05) is 23.7 Å². The summed E-state index contributed by atoms with van der Waals surface area (Å²) in [7, 11) is -4.13. The van der Waals surface area contributed by atoms with E-state index in [4.69, 9.17) is 25.3 Å². The highest BCUT2D eigenvalue weighted by Gasteiger charge is 2.27. The zero-order valence-electron chi connectivity index (χ0n) is 14.7. The fourth-order valence-corrected chi connectivity index (χ4v) is 3.46. The summed E-state index contributed by atoms with van der Waals surface area (Å²) in [5, 5.41) is 10.1. The Bertz CT molecular complexity index is 851. The lowest BCUT2D eigenvalue weighted by molar-refractivity contribution is -0.0740. The second-order valence-electron chi connectivity index (χ2n) is 5.62. The van der Waals surface area contributed by atoms with E-state index in [1.54, 1.807) is 25.1 Å². The summed E-state index contributed by atoms with van der Waals surface area (Å²) >= 11 is 6.13. The zero-order valence-corrected chi connectivity index (χ0v) is 16.3. The average Bonchev–Trinajstić information content (AvgIpc) is 2.56. The van der Waals surface area contributed by atoms with E-state index in [2.05, 4.69) is 0 Å². The number of hydrogen-bond acceptors (Lipinski definition) is 6. The van der Waals surface area contributed by atoms with E-state index in [1.165, 1.54) is 31.2 Å². The molecule has 0 aromatic heterocycles. The molecule has 2 unspecified atom stereocenters. The average molecular weight is 401 g/mol. The molecule has 2 aromatic carbocycles. The summed E-state index contributed by atoms with van der Waals surface area (Å²) in [4.78, 5) is -0.0236. The fraction of sp³-hybridized carbons (Fsp3) is 0.333. The Hall–Kier alpha value is -1.80. The molecule has 2 rings (SSSR count). The maximum atomic E-state index is 12.4. The number of ether oxygens (including phenoxy) is 2. The van der Waals surface area contributed by atoms with Gasteiger partial charge in [0.2, 0.25) is 6.29 Å². The summed E-state index contributed by atoms with van der Waals surface area (Å²) in [6.07, 6.45) is -2.69. The van der Waals surface area contributed by atoms with Gasteiger partial charge in [-0.3, -0.25) is 0 Å². The maximum Gasteiger partial charge on any atom is 0.300 e. The van der Waals surface area contributed by atoms with Gasteiger partial charge >= 0.3 is 0 Å². The Morgan fingerprint density at radius 1 is 1.19 bits per heavy atom. The van der Waals surface area contributed by atoms with Crippen molar-refractivity contribution >= 4 is 21.7 Å². The predicted molar refractivity (Wildman–Crippen MR) is 98.2 cm³/mol. The summed E-state index contributed by atoms with van der Waals surface area (Å²) in [5.74, 6) is 0.715. The number of hydrogen-bond donors (Lipinski definition) is 1. The standard InChI is InChI=1S/C18H21ClO6S/c1-4-23-14-8-9-17(16(19)11-14)24-18(13(3)20)25-26(21,22)15-7-5-6-12(2)10-15/h5-11,13,18,20H,4H2,1-3H3. The summed E-state index contributed by atoms with van der Waals surface area (Å²) in [6.45, 7) is 5.44. The summed E-state index contributed by atoms with van der Waals surface area (Å²) in [6, 6.07) is 10.9. The van der Waals surface area contributed by atoms with Gasteiger partial charge in [0.1, 0.15) is 17.6 Å². The number of aliphatic hydroxyl groups excluding tert-OH is 1. The van der Waals surface area contributed by atoms with Crippen molar-refractivity contribution in [3.63, 3.8) is 0 Å². The molecule has 1 N–H and O–H groups in total. The fourth-order valence-electron chi connectivity index (χ4n) is 2.11. The molecule has 0 radical (unpaired) electrons. The summed E-state index contributed by atoms with van der Waals surface area (Å²) in [5.41, 5.74) is 0.763. The highest BCUT2D eigenvalue weighted by Crippen LogP contribution is 2.31. The van der Waals surface area contributed by atoms with E-state index >= 15 is 0 Å². The predicted octanol–water partition coefficient (Wildman–Crippen LogP) is 3.54. The minimum Gasteiger partial charge on any atom is -0.494 e. The van der Waals surface area contributed by atoms with E-state index in [1.807, 2.05) is 6.92 Å². The van der Waals surface area contributed by atoms with Crippen LogP contribution < -0.4 is 9.47 Å². The van der Waals surface area contributed by atoms with E-state index < -0.39 is 22.5 Å². The van der Waals surface area contributed by atoms with Crippen LogP contribution in [-0.2, 0) is 14.3 Å². The molecule has 0 fully saturated rings. The topological polar surface area (TPSA) is 82.1 Å². The Labute approximate surface area is 158 Å². The van der Waals surface area contributed by atoms with E-state index in [0.29, 0.717) is 12.4 Å². The lowest BCUT2D eigenvalue weighted by Crippen LogP contribution is -2.34. The van der Waals surface area contributed by atoms with Crippen molar-refractivity contribution in [2.24, 2.45) is 0 Å². The van der Waals surface area contributed by atoms with Crippen LogP contribution in [0.3, 0.4) is 0 Å². The molecular formula is C18H21ClO6S. The SMILES string of the molecule is CCOc1ccc(OC(OS(=O)(=O)c2cccc(C)c2)C(C)O)c(Cl)c1. The third kappa shape index (κ3) is 5.35. The number of aliphatic hydroxyl groups is 1. The van der Waals surface area contributed by atoms with Crippen LogP contribution in [0.25, 0.3) is 0 Å². The van der Waals surface area contributed by atoms with Gasteiger partial charge in [-0.05, 0) is 50.6 Å². The molecule has 0 aliphatic heterocycles. The second kappa shape index (κ2) is 8.73. The van der Waals surface area contributed by atoms with Crippen molar-refractivity contribution in [1.82, 2.24) is 0 Å². The molecule has 0 spiro atoms. The van der Waals surface area contributed by atoms with Crippen LogP contribution in [0.5, 0.6) is 11.5 Å². The first-order valence-electron chi connectivity index (χ1n) is 8.00. The quantitative estimate of drug-likeness (QED) is 0.539. The van der Waals surface area contributed by atoms with Crippen molar-refractivity contribution in [3.05, 3.63) is 53.1 Å². The highest BCUT2D eigenvalue weighted by atomic mass is 35.5. The molecule has 0 aliphatic rings. The number of rotatable bonds is 8. The number of halogens is 1. The van der Waals surface area contributed by atoms with Gasteiger partial charge in [0.25, 0.3) is 10.1 Å². The van der Waals surface area contributed by atoms with Crippen molar-refractivity contribution < 1.29 is 27.2 Å². The van der Waals surface area contributed by atoms with E-state index in [9.17, 15) is 13.5 Å². The molecule has 142 valence electrons. The van der Waals surface area contributed by atoms with E-state index in [-0.39, 0.29) is 15.7 Å². The van der Waals surface area contributed by atoms with Crippen LogP contribution >= 0.6 is 11.6 Å². The number of benzene rings is 2. The van der Waals surface area contributed by atoms with Gasteiger partial charge in [0.15, 0.2) is 0 Å². The smallest absolute Gasteiger partial charge is 0.300 e. The molecule has 0 saturated heterocycles. The highest BCUT2D eigenvalue weighted by molar-refractivity contribution is 7.86. The summed E-state index contributed by atoms with van der Waals surface area (Å²) < 4.78 is 40.8. The van der Waals surface area contributed by atoms with E-state index in [0.717, 1.165) is 5.56 Å². The molecule has 0 aliphatic carbocycles. The van der Waals surface area contributed by atoms with Crippen LogP contribution in [0, 0.1) is 6.92 Å². The molecule has 2 atom stereocenters. The van der Waals surface area contributed by atoms with Crippen LogP contribution in [0.2, 0.25) is 5.02 Å². The van der Waals surface area contributed by atoms with Crippen LogP contribution in [0.15, 0.2) is 47.4 Å². The largest absolute Gasteiger partial charge is 0.494 e. The van der Waals surface area contributed by atoms with Crippen LogP contribution in [-0.4, -0.2) is 32.5 Å². The first-order valence-corrected chi connectivity index (χ1v) is 9.78. The van der Waals surface area contributed by atoms with Crippen LogP contribution in [0.1, 0.15) is 19.4 Å². The molecule has 0 heterocycles. The Morgan fingerprint density at radius 3 is 2.50 bits per heavy atom. The monoisotopic (exact) mass is 400 g/mol.